The van der Waals surface area contributed by atoms with Crippen LogP contribution in [-0.4, -0.2) is 48.2 Å². The van der Waals surface area contributed by atoms with E-state index >= 15 is 0 Å². The van der Waals surface area contributed by atoms with Gasteiger partial charge in [0.15, 0.2) is 0 Å². The summed E-state index contributed by atoms with van der Waals surface area (Å²) in [5.41, 5.74) is 0. The minimum absolute atomic E-state index is 0.629. The molecule has 1 fully saturated rings. The van der Waals surface area contributed by atoms with Crippen molar-refractivity contribution in [3.8, 4) is 0 Å². The average molecular weight is 292 g/mol. The molecule has 1 unspecified atom stereocenters. The molecule has 6 heteroatoms. The van der Waals surface area contributed by atoms with Crippen LogP contribution in [0.2, 0.25) is 0 Å². The van der Waals surface area contributed by atoms with Crippen LogP contribution >= 0.6 is 0 Å². The van der Waals surface area contributed by atoms with Gasteiger partial charge in [-0.1, -0.05) is 20.3 Å². The molecule has 0 aliphatic carbocycles. The van der Waals surface area contributed by atoms with Gasteiger partial charge in [-0.05, 0) is 25.7 Å². The van der Waals surface area contributed by atoms with Gasteiger partial charge in [0.1, 0.15) is 0 Å². The number of hydrogen-bond donors (Lipinski definition) is 1. The summed E-state index contributed by atoms with van der Waals surface area (Å²) in [5.74, 6) is 2.89. The van der Waals surface area contributed by atoms with Crippen molar-refractivity contribution in [2.45, 2.75) is 40.0 Å². The second-order valence-electron chi connectivity index (χ2n) is 5.88. The summed E-state index contributed by atoms with van der Waals surface area (Å²) in [6, 6.07) is 0. The second-order valence-corrected chi connectivity index (χ2v) is 5.88. The molecule has 0 bridgehead atoms. The van der Waals surface area contributed by atoms with Crippen LogP contribution in [0.4, 0.5) is 17.8 Å². The fourth-order valence-electron chi connectivity index (χ4n) is 2.50. The minimum atomic E-state index is 0.629. The van der Waals surface area contributed by atoms with Crippen LogP contribution < -0.4 is 15.1 Å². The molecule has 0 spiro atoms. The summed E-state index contributed by atoms with van der Waals surface area (Å²) in [5, 5.41) is 3.22. The third kappa shape index (κ3) is 4.19. The topological polar surface area (TPSA) is 57.2 Å². The van der Waals surface area contributed by atoms with Crippen molar-refractivity contribution < 1.29 is 0 Å². The first-order valence-corrected chi connectivity index (χ1v) is 8.10. The number of aromatic nitrogens is 3. The Morgan fingerprint density at radius 2 is 1.90 bits per heavy atom. The van der Waals surface area contributed by atoms with E-state index in [4.69, 9.17) is 0 Å². The molecule has 1 aromatic rings. The largest absolute Gasteiger partial charge is 0.354 e. The van der Waals surface area contributed by atoms with E-state index < -0.39 is 0 Å². The molecule has 2 rings (SSSR count). The van der Waals surface area contributed by atoms with E-state index in [9.17, 15) is 0 Å². The highest BCUT2D eigenvalue weighted by Crippen LogP contribution is 2.20. The van der Waals surface area contributed by atoms with Gasteiger partial charge < -0.3 is 15.1 Å². The van der Waals surface area contributed by atoms with Crippen molar-refractivity contribution >= 4 is 17.8 Å². The van der Waals surface area contributed by atoms with E-state index in [1.807, 2.05) is 0 Å². The van der Waals surface area contributed by atoms with E-state index in [0.29, 0.717) is 11.9 Å². The molecule has 0 amide bonds. The molecule has 1 aliphatic heterocycles. The minimum Gasteiger partial charge on any atom is -0.354 e. The lowest BCUT2D eigenvalue weighted by Gasteiger charge is -2.23. The van der Waals surface area contributed by atoms with Gasteiger partial charge in [-0.2, -0.15) is 15.0 Å². The lowest BCUT2D eigenvalue weighted by atomic mass is 10.1. The lowest BCUT2D eigenvalue weighted by Crippen LogP contribution is -2.28. The number of nitrogens with one attached hydrogen (secondary N) is 1. The van der Waals surface area contributed by atoms with E-state index in [2.05, 4.69) is 57.9 Å². The Kier molecular flexibility index (Phi) is 5.59. The van der Waals surface area contributed by atoms with Crippen molar-refractivity contribution in [1.29, 1.82) is 0 Å². The molecule has 1 atom stereocenters. The normalized spacial score (nSPS) is 16.1. The van der Waals surface area contributed by atoms with Gasteiger partial charge in [0, 0.05) is 33.2 Å². The van der Waals surface area contributed by atoms with Gasteiger partial charge in [0.25, 0.3) is 0 Å². The van der Waals surface area contributed by atoms with Crippen molar-refractivity contribution in [1.82, 2.24) is 15.0 Å². The standard InChI is InChI=1S/C15H28N6/c1-5-12(3)11-20(4)14-17-13(16-6-2)18-15(19-14)21-9-7-8-10-21/h12H,5-11H2,1-4H3,(H,16,17,18,19). The lowest BCUT2D eigenvalue weighted by molar-refractivity contribution is 0.554. The number of anilines is 3. The van der Waals surface area contributed by atoms with Crippen LogP contribution in [0.1, 0.15) is 40.0 Å². The fraction of sp³-hybridized carbons (Fsp3) is 0.800. The molecule has 0 aromatic carbocycles. The molecule has 2 heterocycles. The van der Waals surface area contributed by atoms with Gasteiger partial charge in [-0.3, -0.25) is 0 Å². The third-order valence-corrected chi connectivity index (χ3v) is 3.96. The maximum absolute atomic E-state index is 4.67. The van der Waals surface area contributed by atoms with Gasteiger partial charge >= 0.3 is 0 Å². The molecule has 1 aliphatic rings. The Balaban J connectivity index is 2.21. The highest BCUT2D eigenvalue weighted by molar-refractivity contribution is 5.45. The first-order chi connectivity index (χ1) is 10.1. The van der Waals surface area contributed by atoms with Crippen LogP contribution in [0.3, 0.4) is 0 Å². The predicted octanol–water partition coefficient (Wildman–Crippen LogP) is 2.39. The van der Waals surface area contributed by atoms with Crippen LogP contribution in [0.15, 0.2) is 0 Å². The summed E-state index contributed by atoms with van der Waals surface area (Å²) in [6.07, 6.45) is 3.61. The quantitative estimate of drug-likeness (QED) is 0.833. The molecular weight excluding hydrogens is 264 g/mol. The zero-order valence-electron chi connectivity index (χ0n) is 13.8. The van der Waals surface area contributed by atoms with Crippen LogP contribution in [0.5, 0.6) is 0 Å². The molecule has 21 heavy (non-hydrogen) atoms. The summed E-state index contributed by atoms with van der Waals surface area (Å²) >= 11 is 0. The Morgan fingerprint density at radius 1 is 1.19 bits per heavy atom. The summed E-state index contributed by atoms with van der Waals surface area (Å²) in [6.45, 7) is 10.4. The number of rotatable bonds is 7. The van der Waals surface area contributed by atoms with Crippen molar-refractivity contribution in [2.75, 3.05) is 48.3 Å². The monoisotopic (exact) mass is 292 g/mol. The van der Waals surface area contributed by atoms with Gasteiger partial charge in [-0.25, -0.2) is 0 Å². The maximum atomic E-state index is 4.67. The molecule has 0 radical (unpaired) electrons. The zero-order chi connectivity index (χ0) is 15.2. The summed E-state index contributed by atoms with van der Waals surface area (Å²) < 4.78 is 0. The van der Waals surface area contributed by atoms with Crippen LogP contribution in [0, 0.1) is 5.92 Å². The van der Waals surface area contributed by atoms with Crippen molar-refractivity contribution in [3.63, 3.8) is 0 Å². The molecule has 118 valence electrons. The highest BCUT2D eigenvalue weighted by Gasteiger charge is 2.19. The molecule has 6 nitrogen and oxygen atoms in total. The Bertz CT molecular complexity index is 444. The van der Waals surface area contributed by atoms with Gasteiger partial charge in [0.2, 0.25) is 17.8 Å². The summed E-state index contributed by atoms with van der Waals surface area (Å²) in [4.78, 5) is 18.2. The first-order valence-electron chi connectivity index (χ1n) is 8.10. The molecule has 1 saturated heterocycles. The molecule has 1 aromatic heterocycles. The molecule has 1 N–H and O–H groups in total. The van der Waals surface area contributed by atoms with E-state index in [1.165, 1.54) is 12.8 Å². The third-order valence-electron chi connectivity index (χ3n) is 3.96. The van der Waals surface area contributed by atoms with E-state index in [1.54, 1.807) is 0 Å². The number of hydrogen-bond acceptors (Lipinski definition) is 6. The van der Waals surface area contributed by atoms with Gasteiger partial charge in [0.05, 0.1) is 0 Å². The van der Waals surface area contributed by atoms with Crippen molar-refractivity contribution in [2.24, 2.45) is 5.92 Å². The predicted molar refractivity (Wildman–Crippen MR) is 88.2 cm³/mol. The number of nitrogens with zero attached hydrogens (tertiary/aromatic N) is 5. The highest BCUT2D eigenvalue weighted by atomic mass is 15.4. The average Bonchev–Trinajstić information content (AvgIpc) is 3.01. The zero-order valence-corrected chi connectivity index (χ0v) is 13.8. The van der Waals surface area contributed by atoms with E-state index in [0.717, 1.165) is 44.5 Å². The van der Waals surface area contributed by atoms with Gasteiger partial charge in [-0.15, -0.1) is 0 Å². The maximum Gasteiger partial charge on any atom is 0.231 e. The first kappa shape index (κ1) is 15.8. The van der Waals surface area contributed by atoms with Crippen LogP contribution in [0.25, 0.3) is 0 Å². The molecule has 0 saturated carbocycles. The smallest absolute Gasteiger partial charge is 0.231 e. The Hall–Kier alpha value is -1.59. The fourth-order valence-corrected chi connectivity index (χ4v) is 2.50. The Labute approximate surface area is 128 Å². The second kappa shape index (κ2) is 7.43. The van der Waals surface area contributed by atoms with Crippen molar-refractivity contribution in [3.05, 3.63) is 0 Å². The summed E-state index contributed by atoms with van der Waals surface area (Å²) in [7, 11) is 2.06. The Morgan fingerprint density at radius 3 is 2.52 bits per heavy atom. The van der Waals surface area contributed by atoms with Crippen LogP contribution in [-0.2, 0) is 0 Å². The van der Waals surface area contributed by atoms with E-state index in [-0.39, 0.29) is 0 Å². The SMILES string of the molecule is CCNc1nc(N(C)CC(C)CC)nc(N2CCCC2)n1. The molecular formula is C15H28N6.